The Bertz CT molecular complexity index is 329. The predicted molar refractivity (Wildman–Crippen MR) is 79.8 cm³/mol. The van der Waals surface area contributed by atoms with Gasteiger partial charge in [-0.15, -0.1) is 0 Å². The summed E-state index contributed by atoms with van der Waals surface area (Å²) in [5.74, 6) is 0.206. The van der Waals surface area contributed by atoms with Gasteiger partial charge in [-0.2, -0.15) is 0 Å². The Hall–Kier alpha value is -1.31. The number of carbonyl (C=O) groups excluding carboxylic acids is 1. The van der Waals surface area contributed by atoms with E-state index in [4.69, 9.17) is 0 Å². The number of hydrogen-bond acceptors (Lipinski definition) is 1. The van der Waals surface area contributed by atoms with Gasteiger partial charge in [-0.05, 0) is 25.5 Å². The van der Waals surface area contributed by atoms with Crippen LogP contribution in [0.5, 0.6) is 0 Å². The highest BCUT2D eigenvalue weighted by molar-refractivity contribution is 5.92. The Balaban J connectivity index is 0.000000873. The maximum absolute atomic E-state index is 11.7. The zero-order chi connectivity index (χ0) is 14.0. The number of nitrogens with one attached hydrogen (secondary N) is 1. The molecule has 18 heavy (non-hydrogen) atoms. The van der Waals surface area contributed by atoms with E-state index in [0.717, 1.165) is 18.5 Å². The molecule has 2 heteroatoms. The summed E-state index contributed by atoms with van der Waals surface area (Å²) in [6, 6.07) is 7.87. The Morgan fingerprint density at radius 1 is 1.17 bits per heavy atom. The molecule has 0 radical (unpaired) electrons. The molecule has 1 unspecified atom stereocenters. The van der Waals surface area contributed by atoms with Crippen molar-refractivity contribution in [1.29, 1.82) is 0 Å². The smallest absolute Gasteiger partial charge is 0.227 e. The standard InChI is InChI=1S/C13H19NO.C3H8/c1-4-5-11(3)13(15)14-12-8-6-10(2)7-9-12;1-3-2/h6-9,11H,4-5H2,1-3H3,(H,14,15);3H2,1-2H3. The highest BCUT2D eigenvalue weighted by Crippen LogP contribution is 2.12. The van der Waals surface area contributed by atoms with E-state index in [1.807, 2.05) is 38.1 Å². The first-order chi connectivity index (χ1) is 8.54. The van der Waals surface area contributed by atoms with Crippen LogP contribution >= 0.6 is 0 Å². The number of carbonyl (C=O) groups is 1. The highest BCUT2D eigenvalue weighted by Gasteiger charge is 2.11. The van der Waals surface area contributed by atoms with Crippen molar-refractivity contribution in [3.63, 3.8) is 0 Å². The quantitative estimate of drug-likeness (QED) is 0.817. The van der Waals surface area contributed by atoms with E-state index in [-0.39, 0.29) is 11.8 Å². The molecule has 0 aliphatic carbocycles. The minimum absolute atomic E-state index is 0.0938. The number of amides is 1. The van der Waals surface area contributed by atoms with Gasteiger partial charge in [0.1, 0.15) is 0 Å². The van der Waals surface area contributed by atoms with Gasteiger partial charge in [-0.25, -0.2) is 0 Å². The van der Waals surface area contributed by atoms with Gasteiger partial charge in [0.2, 0.25) is 5.91 Å². The molecule has 2 nitrogen and oxygen atoms in total. The van der Waals surface area contributed by atoms with Crippen molar-refractivity contribution in [2.75, 3.05) is 5.32 Å². The minimum Gasteiger partial charge on any atom is -0.326 e. The molecule has 0 spiro atoms. The van der Waals surface area contributed by atoms with Crippen LogP contribution in [0.4, 0.5) is 5.69 Å². The Morgan fingerprint density at radius 3 is 2.11 bits per heavy atom. The third-order valence-electron chi connectivity index (χ3n) is 2.49. The van der Waals surface area contributed by atoms with E-state index in [1.54, 1.807) is 0 Å². The Morgan fingerprint density at radius 2 is 1.67 bits per heavy atom. The number of benzene rings is 1. The van der Waals surface area contributed by atoms with E-state index in [0.29, 0.717) is 0 Å². The Labute approximate surface area is 112 Å². The molecule has 1 aromatic rings. The molecule has 1 N–H and O–H groups in total. The average Bonchev–Trinajstić information content (AvgIpc) is 2.33. The molecule has 1 atom stereocenters. The summed E-state index contributed by atoms with van der Waals surface area (Å²) in [6.45, 7) is 10.3. The van der Waals surface area contributed by atoms with E-state index >= 15 is 0 Å². The third-order valence-corrected chi connectivity index (χ3v) is 2.49. The largest absolute Gasteiger partial charge is 0.326 e. The summed E-state index contributed by atoms with van der Waals surface area (Å²) >= 11 is 0. The summed E-state index contributed by atoms with van der Waals surface area (Å²) in [7, 11) is 0. The molecule has 1 rings (SSSR count). The number of aryl methyl sites for hydroxylation is 1. The molecule has 1 aromatic carbocycles. The van der Waals surface area contributed by atoms with Crippen molar-refractivity contribution in [2.24, 2.45) is 5.92 Å². The van der Waals surface area contributed by atoms with Gasteiger partial charge in [-0.3, -0.25) is 4.79 Å². The second-order valence-electron chi connectivity index (χ2n) is 4.75. The van der Waals surface area contributed by atoms with Crippen molar-refractivity contribution < 1.29 is 4.79 Å². The van der Waals surface area contributed by atoms with Crippen LogP contribution in [-0.2, 0) is 4.79 Å². The molecule has 0 aliphatic rings. The fraction of sp³-hybridized carbons (Fsp3) is 0.562. The predicted octanol–water partition coefficient (Wildman–Crippen LogP) is 4.79. The van der Waals surface area contributed by atoms with Crippen molar-refractivity contribution >= 4 is 11.6 Å². The van der Waals surface area contributed by atoms with Gasteiger partial charge in [0, 0.05) is 11.6 Å². The zero-order valence-electron chi connectivity index (χ0n) is 12.4. The van der Waals surface area contributed by atoms with Crippen molar-refractivity contribution in [3.05, 3.63) is 29.8 Å². The monoisotopic (exact) mass is 249 g/mol. The molecule has 0 fully saturated rings. The van der Waals surface area contributed by atoms with E-state index in [1.165, 1.54) is 12.0 Å². The molecule has 102 valence electrons. The maximum atomic E-state index is 11.7. The van der Waals surface area contributed by atoms with Crippen LogP contribution in [0.25, 0.3) is 0 Å². The van der Waals surface area contributed by atoms with Crippen molar-refractivity contribution in [1.82, 2.24) is 0 Å². The van der Waals surface area contributed by atoms with Gasteiger partial charge >= 0.3 is 0 Å². The molecular formula is C16H27NO. The van der Waals surface area contributed by atoms with Crippen LogP contribution in [0, 0.1) is 12.8 Å². The molecule has 0 heterocycles. The number of hydrogen-bond donors (Lipinski definition) is 1. The third kappa shape index (κ3) is 7.10. The lowest BCUT2D eigenvalue weighted by Gasteiger charge is -2.11. The lowest BCUT2D eigenvalue weighted by atomic mass is 10.1. The summed E-state index contributed by atoms with van der Waals surface area (Å²) < 4.78 is 0. The van der Waals surface area contributed by atoms with E-state index < -0.39 is 0 Å². The van der Waals surface area contributed by atoms with Crippen molar-refractivity contribution in [2.45, 2.75) is 53.9 Å². The highest BCUT2D eigenvalue weighted by atomic mass is 16.1. The van der Waals surface area contributed by atoms with Crippen LogP contribution in [0.15, 0.2) is 24.3 Å². The van der Waals surface area contributed by atoms with Crippen LogP contribution in [0.2, 0.25) is 0 Å². The molecule has 0 aromatic heterocycles. The normalized spacial score (nSPS) is 11.2. The van der Waals surface area contributed by atoms with Crippen LogP contribution in [-0.4, -0.2) is 5.91 Å². The van der Waals surface area contributed by atoms with Gasteiger partial charge in [0.05, 0.1) is 0 Å². The SMILES string of the molecule is CCC.CCCC(C)C(=O)Nc1ccc(C)cc1. The molecule has 0 saturated heterocycles. The summed E-state index contributed by atoms with van der Waals surface area (Å²) in [6.07, 6.45) is 3.24. The number of rotatable bonds is 4. The van der Waals surface area contributed by atoms with Gasteiger partial charge < -0.3 is 5.32 Å². The first kappa shape index (κ1) is 16.7. The maximum Gasteiger partial charge on any atom is 0.227 e. The van der Waals surface area contributed by atoms with Crippen LogP contribution in [0.3, 0.4) is 0 Å². The van der Waals surface area contributed by atoms with Gasteiger partial charge in [0.15, 0.2) is 0 Å². The van der Waals surface area contributed by atoms with Crippen LogP contribution < -0.4 is 5.32 Å². The fourth-order valence-electron chi connectivity index (χ4n) is 1.47. The van der Waals surface area contributed by atoms with E-state index in [9.17, 15) is 4.79 Å². The average molecular weight is 249 g/mol. The number of anilines is 1. The van der Waals surface area contributed by atoms with Gasteiger partial charge in [0.25, 0.3) is 0 Å². The topological polar surface area (TPSA) is 29.1 Å². The molecule has 0 bridgehead atoms. The zero-order valence-corrected chi connectivity index (χ0v) is 12.4. The lowest BCUT2D eigenvalue weighted by Crippen LogP contribution is -2.20. The molecular weight excluding hydrogens is 222 g/mol. The summed E-state index contributed by atoms with van der Waals surface area (Å²) in [5, 5.41) is 2.91. The minimum atomic E-state index is 0.0938. The summed E-state index contributed by atoms with van der Waals surface area (Å²) in [5.41, 5.74) is 2.09. The molecule has 1 amide bonds. The Kier molecular flexibility index (Phi) is 8.99. The second-order valence-corrected chi connectivity index (χ2v) is 4.75. The van der Waals surface area contributed by atoms with Crippen LogP contribution in [0.1, 0.15) is 52.5 Å². The van der Waals surface area contributed by atoms with E-state index in [2.05, 4.69) is 26.1 Å². The van der Waals surface area contributed by atoms with Crippen molar-refractivity contribution in [3.8, 4) is 0 Å². The molecule has 0 saturated carbocycles. The fourth-order valence-corrected chi connectivity index (χ4v) is 1.47. The second kappa shape index (κ2) is 9.69. The first-order valence-electron chi connectivity index (χ1n) is 6.92. The molecule has 0 aliphatic heterocycles. The summed E-state index contributed by atoms with van der Waals surface area (Å²) in [4.78, 5) is 11.7. The first-order valence-corrected chi connectivity index (χ1v) is 6.92. The lowest BCUT2D eigenvalue weighted by molar-refractivity contribution is -0.119. The van der Waals surface area contributed by atoms with Gasteiger partial charge in [-0.1, -0.05) is 58.2 Å².